The molecule has 6 heterocycles. The topological polar surface area (TPSA) is 213 Å². The van der Waals surface area contributed by atoms with Gasteiger partial charge in [0.1, 0.15) is 29.6 Å². The van der Waals surface area contributed by atoms with Crippen LogP contribution in [0, 0.1) is 33.2 Å². The van der Waals surface area contributed by atoms with Gasteiger partial charge in [-0.15, -0.1) is 0 Å². The number of rotatable bonds is 12. The summed E-state index contributed by atoms with van der Waals surface area (Å²) in [5.41, 5.74) is 2.46. The number of carbonyl (C=O) groups excluding carboxylic acids is 2. The Labute approximate surface area is 424 Å². The predicted octanol–water partition coefficient (Wildman–Crippen LogP) is 8.46. The lowest BCUT2D eigenvalue weighted by molar-refractivity contribution is -0.384. The number of piperidine rings is 2. The molecule has 19 heteroatoms. The number of sulfonamides is 1. The molecule has 0 unspecified atom stereocenters. The lowest BCUT2D eigenvalue weighted by Gasteiger charge is -2.59. The van der Waals surface area contributed by atoms with Gasteiger partial charge < -0.3 is 34.7 Å². The minimum absolute atomic E-state index is 0.00384. The number of ether oxygens (including phenoxy) is 2. The summed E-state index contributed by atoms with van der Waals surface area (Å²) in [5, 5.41) is 26.3. The fraction of sp³-hybridized carbons (Fsp3) is 0.500. The number of benzene rings is 3. The minimum atomic E-state index is -4.74. The van der Waals surface area contributed by atoms with Gasteiger partial charge in [-0.3, -0.25) is 24.6 Å². The molecule has 6 aliphatic rings. The van der Waals surface area contributed by atoms with Crippen LogP contribution in [0.15, 0.2) is 78.0 Å². The highest BCUT2D eigenvalue weighted by atomic mass is 32.2. The largest absolute Gasteiger partial charge is 0.489 e. The number of amides is 2. The number of aliphatic hydroxyl groups is 1. The molecule has 17 nitrogen and oxygen atoms in total. The molecule has 1 spiro atoms. The summed E-state index contributed by atoms with van der Waals surface area (Å²) < 4.78 is 57.2. The first-order chi connectivity index (χ1) is 34.9. The fourth-order valence-electron chi connectivity index (χ4n) is 12.3. The minimum Gasteiger partial charge on any atom is -0.489 e. The van der Waals surface area contributed by atoms with E-state index in [2.05, 4.69) is 72.8 Å². The Bertz CT molecular complexity index is 3080. The van der Waals surface area contributed by atoms with E-state index in [9.17, 15) is 37.6 Å². The Morgan fingerprint density at radius 1 is 1.00 bits per heavy atom. The van der Waals surface area contributed by atoms with Crippen LogP contribution in [-0.2, 0) is 14.8 Å². The average Bonchev–Trinajstić information content (AvgIpc) is 4.16. The molecule has 0 bridgehead atoms. The first-order valence-electron chi connectivity index (χ1n) is 25.8. The number of H-pyrrole nitrogens is 1. The van der Waals surface area contributed by atoms with Crippen LogP contribution in [-0.4, -0.2) is 114 Å². The summed E-state index contributed by atoms with van der Waals surface area (Å²) >= 11 is 0. The van der Waals surface area contributed by atoms with Crippen LogP contribution in [0.5, 0.6) is 17.2 Å². The number of likely N-dealkylation sites (tertiary alicyclic amines) is 2. The Hall–Kier alpha value is -6.31. The van der Waals surface area contributed by atoms with Gasteiger partial charge in [-0.25, -0.2) is 22.5 Å². The van der Waals surface area contributed by atoms with Crippen LogP contribution >= 0.6 is 0 Å². The summed E-state index contributed by atoms with van der Waals surface area (Å²) in [6.45, 7) is 11.3. The SMILES string of the molecule is CC(C)c1ccccc1[C@H]1CN(C(=O)C2CC2)CC[C@H]1N1CC2(CCN(c3ccc(C(=O)NS(=O)(=O)c4cc5c(c([N+](=O)[O-])c4)N[C@@H](C4CCC(C)(O)CC4)CO5)c(Oc4cnc5[nH]cc(F)c5c4)c3)CC2)C1. The molecule has 386 valence electrons. The summed E-state index contributed by atoms with van der Waals surface area (Å²) in [4.78, 5) is 52.8. The smallest absolute Gasteiger partial charge is 0.297 e. The number of fused-ring (bicyclic) bond motifs is 2. The van der Waals surface area contributed by atoms with Gasteiger partial charge in [0.05, 0.1) is 38.6 Å². The summed E-state index contributed by atoms with van der Waals surface area (Å²) in [7, 11) is -4.74. The summed E-state index contributed by atoms with van der Waals surface area (Å²) in [6.07, 6.45) is 9.87. The van der Waals surface area contributed by atoms with Gasteiger partial charge in [-0.1, -0.05) is 38.1 Å². The molecule has 0 radical (unpaired) electrons. The van der Waals surface area contributed by atoms with E-state index in [0.29, 0.717) is 49.2 Å². The molecule has 2 aromatic heterocycles. The van der Waals surface area contributed by atoms with Gasteiger partial charge in [-0.2, -0.15) is 0 Å². The number of nitrogens with zero attached hydrogens (tertiary/aromatic N) is 5. The molecule has 5 aromatic rings. The molecule has 5 fully saturated rings. The lowest BCUT2D eigenvalue weighted by Crippen LogP contribution is -2.65. The Morgan fingerprint density at radius 2 is 1.75 bits per heavy atom. The van der Waals surface area contributed by atoms with Gasteiger partial charge >= 0.3 is 0 Å². The highest BCUT2D eigenvalue weighted by Gasteiger charge is 2.50. The van der Waals surface area contributed by atoms with Gasteiger partial charge in [0.2, 0.25) is 5.91 Å². The average molecular weight is 1020 g/mol. The molecule has 3 atom stereocenters. The van der Waals surface area contributed by atoms with Gasteiger partial charge in [0.15, 0.2) is 11.4 Å². The van der Waals surface area contributed by atoms with Crippen LogP contribution in [0.4, 0.5) is 21.5 Å². The zero-order chi connectivity index (χ0) is 51.0. The van der Waals surface area contributed by atoms with Crippen molar-refractivity contribution in [3.63, 3.8) is 0 Å². The molecule has 2 amide bonds. The molecule has 3 aromatic carbocycles. The second-order valence-corrected chi connectivity index (χ2v) is 23.8. The number of carbonyl (C=O) groups is 2. The normalized spacial score (nSPS) is 25.1. The van der Waals surface area contributed by atoms with Crippen molar-refractivity contribution in [2.24, 2.45) is 17.3 Å². The highest BCUT2D eigenvalue weighted by molar-refractivity contribution is 7.90. The number of nitro groups is 1. The maximum atomic E-state index is 14.7. The quantitative estimate of drug-likeness (QED) is 0.0683. The van der Waals surface area contributed by atoms with Crippen LogP contribution in [0.3, 0.4) is 0 Å². The Kier molecular flexibility index (Phi) is 12.6. The lowest BCUT2D eigenvalue weighted by atomic mass is 9.69. The van der Waals surface area contributed by atoms with Crippen molar-refractivity contribution in [1.29, 1.82) is 0 Å². The second kappa shape index (κ2) is 18.9. The number of aromatic amines is 1. The van der Waals surface area contributed by atoms with E-state index >= 15 is 0 Å². The standard InChI is InChI=1S/C54H63FN8O9S/c1-32(2)38-6-4-5-7-39(38)42-28-61(52(65)34-8-9-34)19-14-45(42)62-30-54(31-62)17-20-60(21-18-54)35-10-11-40(47(22-35)72-36-23-41-43(55)27-57-50(41)56-26-36)51(64)59-73(69,70)37-24-46(63(67)68)49-48(25-37)71-29-44(58-49)33-12-15-53(3,66)16-13-33/h4-7,10-11,22-27,32-34,42,44-45,58,66H,8-9,12-21,28-31H2,1-3H3,(H,56,57)(H,59,64)/t33?,42-,44-,45-,53?/m1/s1. The van der Waals surface area contributed by atoms with Crippen LogP contribution in [0.1, 0.15) is 112 Å². The molecule has 2 saturated carbocycles. The van der Waals surface area contributed by atoms with Crippen LogP contribution in [0.2, 0.25) is 0 Å². The summed E-state index contributed by atoms with van der Waals surface area (Å²) in [6, 6.07) is 17.2. The first-order valence-corrected chi connectivity index (χ1v) is 27.2. The second-order valence-electron chi connectivity index (χ2n) is 22.1. The number of anilines is 2. The summed E-state index contributed by atoms with van der Waals surface area (Å²) in [5.74, 6) is -0.368. The number of aromatic nitrogens is 2. The van der Waals surface area contributed by atoms with E-state index in [1.807, 2.05) is 0 Å². The van der Waals surface area contributed by atoms with Gasteiger partial charge in [0, 0.05) is 87.2 Å². The predicted molar refractivity (Wildman–Crippen MR) is 272 cm³/mol. The van der Waals surface area contributed by atoms with Crippen molar-refractivity contribution in [1.82, 2.24) is 24.5 Å². The van der Waals surface area contributed by atoms with Crippen LogP contribution in [0.25, 0.3) is 11.0 Å². The molecular formula is C54H63FN8O9S. The fourth-order valence-corrected chi connectivity index (χ4v) is 13.3. The third kappa shape index (κ3) is 9.71. The molecule has 4 aliphatic heterocycles. The molecule has 3 saturated heterocycles. The third-order valence-corrected chi connectivity index (χ3v) is 18.0. The van der Waals surface area contributed by atoms with E-state index in [1.165, 1.54) is 35.7 Å². The van der Waals surface area contributed by atoms with Crippen molar-refractivity contribution in [3.05, 3.63) is 106 Å². The molecule has 4 N–H and O–H groups in total. The zero-order valence-electron chi connectivity index (χ0n) is 41.4. The third-order valence-electron chi connectivity index (χ3n) is 16.7. The number of pyridine rings is 1. The highest BCUT2D eigenvalue weighted by Crippen LogP contribution is 2.48. The van der Waals surface area contributed by atoms with Crippen molar-refractivity contribution < 1.29 is 41.9 Å². The van der Waals surface area contributed by atoms with Crippen molar-refractivity contribution in [3.8, 4) is 17.2 Å². The van der Waals surface area contributed by atoms with Crippen molar-refractivity contribution in [2.75, 3.05) is 56.1 Å². The molecule has 2 aliphatic carbocycles. The Balaban J connectivity index is 0.807. The zero-order valence-corrected chi connectivity index (χ0v) is 42.3. The van der Waals surface area contributed by atoms with Crippen LogP contribution < -0.4 is 24.4 Å². The number of nitro benzene ring substituents is 1. The molecular weight excluding hydrogens is 956 g/mol. The van der Waals surface area contributed by atoms with E-state index in [1.54, 1.807) is 19.1 Å². The first kappa shape index (κ1) is 48.9. The number of nitrogens with one attached hydrogen (secondary N) is 3. The number of halogens is 1. The maximum absolute atomic E-state index is 14.7. The van der Waals surface area contributed by atoms with Gasteiger partial charge in [0.25, 0.3) is 21.6 Å². The van der Waals surface area contributed by atoms with E-state index in [0.717, 1.165) is 89.2 Å². The van der Waals surface area contributed by atoms with Crippen molar-refractivity contribution >= 4 is 49.9 Å². The number of hydrogen-bond donors (Lipinski definition) is 4. The van der Waals surface area contributed by atoms with Crippen molar-refractivity contribution in [2.45, 2.75) is 113 Å². The molecule has 11 rings (SSSR count). The monoisotopic (exact) mass is 1020 g/mol. The van der Waals surface area contributed by atoms with E-state index < -0.39 is 42.9 Å². The van der Waals surface area contributed by atoms with E-state index in [4.69, 9.17) is 9.47 Å². The maximum Gasteiger partial charge on any atom is 0.297 e. The molecule has 73 heavy (non-hydrogen) atoms. The Morgan fingerprint density at radius 3 is 2.48 bits per heavy atom. The number of hydrogen-bond acceptors (Lipinski definition) is 13. The van der Waals surface area contributed by atoms with Gasteiger partial charge in [-0.05, 0) is 111 Å². The van der Waals surface area contributed by atoms with E-state index in [-0.39, 0.29) is 69.7 Å².